The lowest BCUT2D eigenvalue weighted by Gasteiger charge is -2.25. The van der Waals surface area contributed by atoms with Crippen LogP contribution in [0.2, 0.25) is 0 Å². The van der Waals surface area contributed by atoms with Gasteiger partial charge < -0.3 is 4.90 Å². The van der Waals surface area contributed by atoms with Crippen LogP contribution in [0.15, 0.2) is 53.2 Å². The van der Waals surface area contributed by atoms with E-state index in [0.717, 1.165) is 37.1 Å². The highest BCUT2D eigenvalue weighted by atomic mass is 16.2. The molecule has 27 heavy (non-hydrogen) atoms. The first-order valence-electron chi connectivity index (χ1n) is 9.92. The number of allylic oxidation sites excluding steroid dienone is 5. The lowest BCUT2D eigenvalue weighted by Crippen LogP contribution is -2.33. The number of hydrogen-bond donors (Lipinski definition) is 0. The SMILES string of the molecule is C#CC(C)C=N/C(=C\CC=C)CCCN(CC)C(=O)C1=CC(C)C(C)C=C1. The van der Waals surface area contributed by atoms with Crippen molar-refractivity contribution in [1.82, 2.24) is 4.90 Å². The monoisotopic (exact) mass is 366 g/mol. The average Bonchev–Trinajstić information content (AvgIpc) is 2.67. The van der Waals surface area contributed by atoms with Crippen LogP contribution in [0.4, 0.5) is 0 Å². The zero-order valence-corrected chi connectivity index (χ0v) is 17.3. The Hall–Kier alpha value is -2.34. The van der Waals surface area contributed by atoms with Crippen LogP contribution in [0.25, 0.3) is 0 Å². The highest BCUT2D eigenvalue weighted by Gasteiger charge is 2.20. The van der Waals surface area contributed by atoms with Crippen molar-refractivity contribution in [1.29, 1.82) is 0 Å². The summed E-state index contributed by atoms with van der Waals surface area (Å²) in [6.07, 6.45) is 19.8. The van der Waals surface area contributed by atoms with E-state index in [2.05, 4.69) is 49.6 Å². The van der Waals surface area contributed by atoms with Crippen molar-refractivity contribution in [3.63, 3.8) is 0 Å². The molecule has 1 aliphatic rings. The molecule has 0 spiro atoms. The minimum Gasteiger partial charge on any atom is -0.339 e. The van der Waals surface area contributed by atoms with Crippen molar-refractivity contribution < 1.29 is 4.79 Å². The highest BCUT2D eigenvalue weighted by molar-refractivity contribution is 5.96. The fourth-order valence-corrected chi connectivity index (χ4v) is 2.79. The van der Waals surface area contributed by atoms with E-state index in [9.17, 15) is 4.79 Å². The molecule has 0 radical (unpaired) electrons. The predicted molar refractivity (Wildman–Crippen MR) is 116 cm³/mol. The molecule has 0 fully saturated rings. The molecule has 0 saturated heterocycles. The number of hydrogen-bond acceptors (Lipinski definition) is 2. The third kappa shape index (κ3) is 7.83. The fraction of sp³-hybridized carbons (Fsp3) is 0.500. The maximum Gasteiger partial charge on any atom is 0.253 e. The molecule has 1 aliphatic carbocycles. The topological polar surface area (TPSA) is 32.7 Å². The maximum atomic E-state index is 12.8. The van der Waals surface area contributed by atoms with E-state index < -0.39 is 0 Å². The number of nitrogens with zero attached hydrogens (tertiary/aromatic N) is 2. The molecular formula is C24H34N2O. The van der Waals surface area contributed by atoms with E-state index in [0.29, 0.717) is 18.4 Å². The van der Waals surface area contributed by atoms with Gasteiger partial charge in [-0.25, -0.2) is 0 Å². The van der Waals surface area contributed by atoms with E-state index in [1.807, 2.05) is 30.9 Å². The second-order valence-electron chi connectivity index (χ2n) is 7.14. The van der Waals surface area contributed by atoms with Crippen molar-refractivity contribution >= 4 is 12.1 Å². The number of rotatable bonds is 10. The molecule has 0 heterocycles. The quantitative estimate of drug-likeness (QED) is 0.298. The van der Waals surface area contributed by atoms with E-state index in [-0.39, 0.29) is 11.8 Å². The van der Waals surface area contributed by atoms with Crippen LogP contribution in [-0.2, 0) is 4.79 Å². The van der Waals surface area contributed by atoms with Crippen LogP contribution in [-0.4, -0.2) is 30.1 Å². The maximum absolute atomic E-state index is 12.8. The molecular weight excluding hydrogens is 332 g/mol. The Labute approximate surface area is 165 Å². The summed E-state index contributed by atoms with van der Waals surface area (Å²) in [5.74, 6) is 3.67. The molecule has 3 nitrogen and oxygen atoms in total. The van der Waals surface area contributed by atoms with Crippen molar-refractivity contribution in [3.8, 4) is 12.3 Å². The first kappa shape index (κ1) is 22.7. The molecule has 0 aromatic rings. The molecule has 1 rings (SSSR count). The standard InChI is InChI=1S/C24H34N2O/c1-7-10-12-23(25-18-19(4)8-2)13-11-16-26(9-3)24(27)22-15-14-20(5)21(6)17-22/h2,7,12,14-15,17-21H,1,9-11,13,16H2,3-6H3/b23-12-,25-18?. The molecule has 0 bridgehead atoms. The van der Waals surface area contributed by atoms with Crippen LogP contribution >= 0.6 is 0 Å². The molecule has 1 amide bonds. The lowest BCUT2D eigenvalue weighted by molar-refractivity contribution is -0.126. The molecule has 0 saturated carbocycles. The second kappa shape index (κ2) is 12.1. The van der Waals surface area contributed by atoms with Gasteiger partial charge in [-0.15, -0.1) is 13.0 Å². The number of terminal acetylenes is 1. The van der Waals surface area contributed by atoms with E-state index in [4.69, 9.17) is 6.42 Å². The number of amides is 1. The summed E-state index contributed by atoms with van der Waals surface area (Å²) in [5.41, 5.74) is 1.81. The summed E-state index contributed by atoms with van der Waals surface area (Å²) >= 11 is 0. The van der Waals surface area contributed by atoms with Crippen LogP contribution in [0, 0.1) is 30.1 Å². The van der Waals surface area contributed by atoms with E-state index in [1.165, 1.54) is 0 Å². The average molecular weight is 367 g/mol. The Morgan fingerprint density at radius 2 is 2.19 bits per heavy atom. The summed E-state index contributed by atoms with van der Waals surface area (Å²) in [7, 11) is 0. The number of aliphatic imine (C=N–C) groups is 1. The Balaban J connectivity index is 2.67. The number of carbonyl (C=O) groups excluding carboxylic acids is 1. The Morgan fingerprint density at radius 1 is 1.44 bits per heavy atom. The Bertz CT molecular complexity index is 660. The van der Waals surface area contributed by atoms with Crippen LogP contribution in [0.1, 0.15) is 47.0 Å². The number of carbonyl (C=O) groups is 1. The minimum atomic E-state index is 0.0141. The highest BCUT2D eigenvalue weighted by Crippen LogP contribution is 2.23. The first-order valence-corrected chi connectivity index (χ1v) is 9.92. The lowest BCUT2D eigenvalue weighted by atomic mass is 9.88. The molecule has 3 atom stereocenters. The van der Waals surface area contributed by atoms with Crippen LogP contribution < -0.4 is 0 Å². The predicted octanol–water partition coefficient (Wildman–Crippen LogP) is 5.18. The summed E-state index contributed by atoms with van der Waals surface area (Å²) in [4.78, 5) is 19.3. The molecule has 0 N–H and O–H groups in total. The van der Waals surface area contributed by atoms with Gasteiger partial charge >= 0.3 is 0 Å². The molecule has 0 aliphatic heterocycles. The van der Waals surface area contributed by atoms with Gasteiger partial charge in [0.1, 0.15) is 0 Å². The largest absolute Gasteiger partial charge is 0.339 e. The molecule has 0 aromatic carbocycles. The fourth-order valence-electron chi connectivity index (χ4n) is 2.79. The molecule has 0 aromatic heterocycles. The van der Waals surface area contributed by atoms with Crippen molar-refractivity contribution in [2.24, 2.45) is 22.7 Å². The summed E-state index contributed by atoms with van der Waals surface area (Å²) in [6, 6.07) is 0. The van der Waals surface area contributed by atoms with Crippen LogP contribution in [0.5, 0.6) is 0 Å². The van der Waals surface area contributed by atoms with Gasteiger partial charge in [-0.3, -0.25) is 9.79 Å². The zero-order valence-electron chi connectivity index (χ0n) is 17.3. The Kier molecular flexibility index (Phi) is 10.2. The normalized spacial score (nSPS) is 20.9. The second-order valence-corrected chi connectivity index (χ2v) is 7.14. The molecule has 146 valence electrons. The Morgan fingerprint density at radius 3 is 2.78 bits per heavy atom. The van der Waals surface area contributed by atoms with Crippen molar-refractivity contribution in [2.75, 3.05) is 13.1 Å². The van der Waals surface area contributed by atoms with Gasteiger partial charge in [-0.1, -0.05) is 50.1 Å². The van der Waals surface area contributed by atoms with E-state index >= 15 is 0 Å². The van der Waals surface area contributed by atoms with Crippen LogP contribution in [0.3, 0.4) is 0 Å². The summed E-state index contributed by atoms with van der Waals surface area (Å²) < 4.78 is 0. The van der Waals surface area contributed by atoms with E-state index in [1.54, 1.807) is 6.21 Å². The van der Waals surface area contributed by atoms with Gasteiger partial charge in [0.15, 0.2) is 0 Å². The third-order valence-corrected chi connectivity index (χ3v) is 4.87. The smallest absolute Gasteiger partial charge is 0.253 e. The molecule has 3 heteroatoms. The third-order valence-electron chi connectivity index (χ3n) is 4.87. The van der Waals surface area contributed by atoms with Crippen molar-refractivity contribution in [3.05, 3.63) is 48.2 Å². The summed E-state index contributed by atoms with van der Waals surface area (Å²) in [6.45, 7) is 13.5. The van der Waals surface area contributed by atoms with Gasteiger partial charge in [0.05, 0.1) is 5.92 Å². The van der Waals surface area contributed by atoms with Crippen molar-refractivity contribution in [2.45, 2.75) is 47.0 Å². The van der Waals surface area contributed by atoms with Gasteiger partial charge in [0, 0.05) is 30.6 Å². The van der Waals surface area contributed by atoms with Gasteiger partial charge in [0.2, 0.25) is 0 Å². The van der Waals surface area contributed by atoms with Gasteiger partial charge in [-0.2, -0.15) is 0 Å². The van der Waals surface area contributed by atoms with Gasteiger partial charge in [0.25, 0.3) is 5.91 Å². The molecule has 3 unspecified atom stereocenters. The van der Waals surface area contributed by atoms with Gasteiger partial charge in [-0.05, 0) is 44.9 Å². The first-order chi connectivity index (χ1) is 12.9. The number of likely N-dealkylation sites (N-methyl/N-ethyl adjacent to an activating group) is 1. The summed E-state index contributed by atoms with van der Waals surface area (Å²) in [5, 5.41) is 0. The zero-order chi connectivity index (χ0) is 20.2. The minimum absolute atomic E-state index is 0.0141.